The van der Waals surface area contributed by atoms with Gasteiger partial charge in [0, 0.05) is 25.1 Å². The van der Waals surface area contributed by atoms with Gasteiger partial charge in [-0.05, 0) is 36.7 Å². The summed E-state index contributed by atoms with van der Waals surface area (Å²) in [5, 5.41) is 3.30. The lowest BCUT2D eigenvalue weighted by molar-refractivity contribution is 0.622. The van der Waals surface area contributed by atoms with E-state index in [0.29, 0.717) is 12.5 Å². The highest BCUT2D eigenvalue weighted by molar-refractivity contribution is 5.85. The van der Waals surface area contributed by atoms with E-state index < -0.39 is 0 Å². The van der Waals surface area contributed by atoms with E-state index >= 15 is 0 Å². The van der Waals surface area contributed by atoms with Crippen LogP contribution >= 0.6 is 12.4 Å². The van der Waals surface area contributed by atoms with Gasteiger partial charge >= 0.3 is 0 Å². The van der Waals surface area contributed by atoms with Gasteiger partial charge in [0.1, 0.15) is 12.1 Å². The van der Waals surface area contributed by atoms with Crippen LogP contribution in [-0.4, -0.2) is 26.1 Å². The van der Waals surface area contributed by atoms with Gasteiger partial charge in [0.05, 0.1) is 5.69 Å². The van der Waals surface area contributed by atoms with Crippen LogP contribution in [0.1, 0.15) is 11.3 Å². The molecule has 120 valence electrons. The predicted molar refractivity (Wildman–Crippen MR) is 88.2 cm³/mol. The van der Waals surface area contributed by atoms with Crippen LogP contribution in [0.5, 0.6) is 0 Å². The minimum atomic E-state index is -0.196. The van der Waals surface area contributed by atoms with Gasteiger partial charge in [-0.1, -0.05) is 12.1 Å². The van der Waals surface area contributed by atoms with Gasteiger partial charge in [0.25, 0.3) is 0 Å². The van der Waals surface area contributed by atoms with Crippen LogP contribution in [-0.2, 0) is 13.0 Å². The second kappa shape index (κ2) is 8.36. The van der Waals surface area contributed by atoms with Gasteiger partial charge in [-0.3, -0.25) is 4.57 Å². The van der Waals surface area contributed by atoms with Crippen molar-refractivity contribution in [2.75, 3.05) is 6.54 Å². The first kappa shape index (κ1) is 17.1. The average molecular weight is 334 g/mol. The maximum atomic E-state index is 13.1. The van der Waals surface area contributed by atoms with E-state index in [4.69, 9.17) is 0 Å². The molecule has 0 amide bonds. The fourth-order valence-corrected chi connectivity index (χ4v) is 2.13. The van der Waals surface area contributed by atoms with Crippen molar-refractivity contribution >= 4 is 12.4 Å². The normalized spacial score (nSPS) is 10.3. The number of hydrogen-bond acceptors (Lipinski definition) is 4. The van der Waals surface area contributed by atoms with Crippen molar-refractivity contribution in [1.82, 2.24) is 24.8 Å². The molecule has 0 aliphatic rings. The van der Waals surface area contributed by atoms with Gasteiger partial charge in [-0.25, -0.2) is 19.3 Å². The second-order valence-corrected chi connectivity index (χ2v) is 4.87. The van der Waals surface area contributed by atoms with E-state index in [9.17, 15) is 4.39 Å². The number of nitrogens with one attached hydrogen (secondary N) is 1. The van der Waals surface area contributed by atoms with Crippen LogP contribution in [0.4, 0.5) is 4.39 Å². The van der Waals surface area contributed by atoms with Crippen LogP contribution in [0, 0.1) is 5.82 Å². The van der Waals surface area contributed by atoms with Crippen LogP contribution in [0.2, 0.25) is 0 Å². The molecule has 0 unspecified atom stereocenters. The summed E-state index contributed by atoms with van der Waals surface area (Å²) in [7, 11) is 0. The Bertz CT molecular complexity index is 733. The Morgan fingerprint density at radius 2 is 2.09 bits per heavy atom. The largest absolute Gasteiger partial charge is 0.311 e. The van der Waals surface area contributed by atoms with Crippen LogP contribution in [0.25, 0.3) is 5.95 Å². The Morgan fingerprint density at radius 1 is 1.17 bits per heavy atom. The van der Waals surface area contributed by atoms with Gasteiger partial charge in [0.2, 0.25) is 5.95 Å². The fraction of sp³-hybridized carbons (Fsp3) is 0.188. The molecule has 0 fully saturated rings. The first-order valence-electron chi connectivity index (χ1n) is 7.07. The van der Waals surface area contributed by atoms with E-state index in [1.807, 2.05) is 12.1 Å². The summed E-state index contributed by atoms with van der Waals surface area (Å²) in [6.45, 7) is 1.40. The molecule has 0 saturated heterocycles. The number of benzene rings is 1. The Morgan fingerprint density at radius 3 is 2.87 bits per heavy atom. The Hall–Kier alpha value is -2.31. The number of halogens is 2. The van der Waals surface area contributed by atoms with Gasteiger partial charge in [-0.15, -0.1) is 12.4 Å². The Kier molecular flexibility index (Phi) is 6.19. The molecule has 0 aliphatic carbocycles. The van der Waals surface area contributed by atoms with E-state index in [1.54, 1.807) is 41.6 Å². The molecule has 7 heteroatoms. The van der Waals surface area contributed by atoms with Crippen LogP contribution in [0.3, 0.4) is 0 Å². The van der Waals surface area contributed by atoms with Crippen molar-refractivity contribution in [3.05, 3.63) is 72.3 Å². The Balaban J connectivity index is 0.00000192. The zero-order chi connectivity index (χ0) is 15.2. The third-order valence-corrected chi connectivity index (χ3v) is 3.22. The molecule has 1 aromatic carbocycles. The first-order valence-corrected chi connectivity index (χ1v) is 7.07. The minimum Gasteiger partial charge on any atom is -0.311 e. The molecule has 5 nitrogen and oxygen atoms in total. The van der Waals surface area contributed by atoms with E-state index in [0.717, 1.165) is 24.2 Å². The molecule has 0 bridgehead atoms. The summed E-state index contributed by atoms with van der Waals surface area (Å²) in [6, 6.07) is 8.54. The molecule has 0 saturated carbocycles. The van der Waals surface area contributed by atoms with Crippen LogP contribution in [0.15, 0.2) is 55.2 Å². The van der Waals surface area contributed by atoms with Gasteiger partial charge in [-0.2, -0.15) is 0 Å². The maximum Gasteiger partial charge on any atom is 0.235 e. The topological polar surface area (TPSA) is 55.6 Å². The van der Waals surface area contributed by atoms with Crippen LogP contribution < -0.4 is 5.32 Å². The summed E-state index contributed by atoms with van der Waals surface area (Å²) in [4.78, 5) is 12.7. The number of aromatic nitrogens is 4. The zero-order valence-corrected chi connectivity index (χ0v) is 13.2. The van der Waals surface area contributed by atoms with Crippen molar-refractivity contribution in [2.24, 2.45) is 0 Å². The van der Waals surface area contributed by atoms with Crippen molar-refractivity contribution in [2.45, 2.75) is 13.0 Å². The molecule has 2 aromatic heterocycles. The smallest absolute Gasteiger partial charge is 0.235 e. The number of nitrogens with zero attached hydrogens (tertiary/aromatic N) is 4. The second-order valence-electron chi connectivity index (χ2n) is 4.87. The first-order chi connectivity index (χ1) is 10.8. The molecule has 2 heterocycles. The highest BCUT2D eigenvalue weighted by Gasteiger charge is 2.01. The highest BCUT2D eigenvalue weighted by atomic mass is 35.5. The quantitative estimate of drug-likeness (QED) is 0.704. The lowest BCUT2D eigenvalue weighted by Crippen LogP contribution is -2.18. The lowest BCUT2D eigenvalue weighted by atomic mass is 10.1. The lowest BCUT2D eigenvalue weighted by Gasteiger charge is -2.06. The minimum absolute atomic E-state index is 0. The molecule has 0 aliphatic heterocycles. The average Bonchev–Trinajstić information content (AvgIpc) is 3.06. The number of imidazole rings is 1. The van der Waals surface area contributed by atoms with E-state index in [-0.39, 0.29) is 18.2 Å². The summed E-state index contributed by atoms with van der Waals surface area (Å²) < 4.78 is 14.8. The monoisotopic (exact) mass is 333 g/mol. The molecule has 0 radical (unpaired) electrons. The summed E-state index contributed by atoms with van der Waals surface area (Å²) in [5.41, 5.74) is 1.88. The summed E-state index contributed by atoms with van der Waals surface area (Å²) in [6.07, 6.45) is 7.66. The van der Waals surface area contributed by atoms with Gasteiger partial charge < -0.3 is 5.32 Å². The summed E-state index contributed by atoms with van der Waals surface area (Å²) >= 11 is 0. The Labute approximate surface area is 140 Å². The molecule has 3 rings (SSSR count). The zero-order valence-electron chi connectivity index (χ0n) is 12.4. The molecule has 0 spiro atoms. The number of rotatable bonds is 6. The van der Waals surface area contributed by atoms with Crippen molar-refractivity contribution in [3.8, 4) is 5.95 Å². The van der Waals surface area contributed by atoms with Crippen molar-refractivity contribution < 1.29 is 4.39 Å². The molecule has 23 heavy (non-hydrogen) atoms. The summed E-state index contributed by atoms with van der Waals surface area (Å²) in [5.74, 6) is 0.403. The third kappa shape index (κ3) is 4.84. The van der Waals surface area contributed by atoms with Gasteiger partial charge in [0.15, 0.2) is 0 Å². The number of hydrogen-bond donors (Lipinski definition) is 1. The standard InChI is InChI=1S/C16H16FN5.ClH/c17-14-3-1-2-13(10-14)4-6-18-11-15-5-7-20-16(21-15)22-9-8-19-12-22;/h1-3,5,7-10,12,18H,4,6,11H2;1H. The van der Waals surface area contributed by atoms with Crippen molar-refractivity contribution in [3.63, 3.8) is 0 Å². The molecular formula is C16H17ClFN5. The third-order valence-electron chi connectivity index (χ3n) is 3.22. The van der Waals surface area contributed by atoms with Crippen molar-refractivity contribution in [1.29, 1.82) is 0 Å². The predicted octanol–water partition coefficient (Wildman–Crippen LogP) is 2.56. The molecular weight excluding hydrogens is 317 g/mol. The van der Waals surface area contributed by atoms with E-state index in [1.165, 1.54) is 6.07 Å². The molecule has 1 N–H and O–H groups in total. The fourth-order valence-electron chi connectivity index (χ4n) is 2.13. The maximum absolute atomic E-state index is 13.1. The molecule has 0 atom stereocenters. The van der Waals surface area contributed by atoms with E-state index in [2.05, 4.69) is 20.3 Å². The SMILES string of the molecule is Cl.Fc1cccc(CCNCc2ccnc(-n3ccnc3)n2)c1. The highest BCUT2D eigenvalue weighted by Crippen LogP contribution is 2.04. The molecule has 3 aromatic rings.